The molecule has 0 bridgehead atoms. The van der Waals surface area contributed by atoms with Crippen molar-refractivity contribution in [1.29, 1.82) is 0 Å². The summed E-state index contributed by atoms with van der Waals surface area (Å²) in [4.78, 5) is 11.9. The second kappa shape index (κ2) is 7.41. The summed E-state index contributed by atoms with van der Waals surface area (Å²) >= 11 is 5.89. The van der Waals surface area contributed by atoms with E-state index in [9.17, 15) is 9.90 Å². The number of carbonyl (C=O) groups is 1. The summed E-state index contributed by atoms with van der Waals surface area (Å²) in [5.74, 6) is 0.594. The van der Waals surface area contributed by atoms with Crippen molar-refractivity contribution in [2.75, 3.05) is 6.54 Å². The van der Waals surface area contributed by atoms with Gasteiger partial charge >= 0.3 is 6.09 Å². The molecule has 1 aromatic carbocycles. The molecule has 1 aliphatic rings. The fraction of sp³-hybridized carbons (Fsp3) is 0.588. The van der Waals surface area contributed by atoms with Gasteiger partial charge in [0, 0.05) is 19.1 Å². The average molecular weight is 341 g/mol. The van der Waals surface area contributed by atoms with Crippen LogP contribution in [0.25, 0.3) is 0 Å². The van der Waals surface area contributed by atoms with Crippen molar-refractivity contribution in [1.82, 2.24) is 10.6 Å². The fourth-order valence-corrected chi connectivity index (χ4v) is 2.53. The number of amides is 1. The molecule has 1 unspecified atom stereocenters. The first kappa shape index (κ1) is 17.9. The molecule has 0 radical (unpaired) electrons. The summed E-state index contributed by atoms with van der Waals surface area (Å²) in [6.45, 7) is 6.85. The Kier molecular flexibility index (Phi) is 5.76. The second-order valence-electron chi connectivity index (χ2n) is 7.01. The van der Waals surface area contributed by atoms with Crippen molar-refractivity contribution >= 4 is 17.7 Å². The van der Waals surface area contributed by atoms with Crippen LogP contribution in [0.4, 0.5) is 4.79 Å². The van der Waals surface area contributed by atoms with Gasteiger partial charge in [-0.3, -0.25) is 0 Å². The molecule has 0 saturated heterocycles. The highest BCUT2D eigenvalue weighted by molar-refractivity contribution is 6.32. The van der Waals surface area contributed by atoms with E-state index in [1.54, 1.807) is 12.1 Å². The van der Waals surface area contributed by atoms with Crippen molar-refractivity contribution in [3.63, 3.8) is 0 Å². The lowest BCUT2D eigenvalue weighted by atomic mass is 10.1. The molecule has 6 heteroatoms. The molecule has 23 heavy (non-hydrogen) atoms. The van der Waals surface area contributed by atoms with E-state index in [0.29, 0.717) is 24.0 Å². The van der Waals surface area contributed by atoms with E-state index < -0.39 is 5.60 Å². The van der Waals surface area contributed by atoms with Crippen LogP contribution in [0.15, 0.2) is 18.2 Å². The van der Waals surface area contributed by atoms with E-state index >= 15 is 0 Å². The van der Waals surface area contributed by atoms with Crippen LogP contribution in [-0.2, 0) is 11.3 Å². The zero-order valence-corrected chi connectivity index (χ0v) is 14.6. The maximum Gasteiger partial charge on any atom is 0.407 e. The van der Waals surface area contributed by atoms with E-state index in [-0.39, 0.29) is 17.9 Å². The van der Waals surface area contributed by atoms with Crippen molar-refractivity contribution in [2.45, 2.75) is 51.8 Å². The molecule has 1 atom stereocenters. The van der Waals surface area contributed by atoms with E-state index in [0.717, 1.165) is 18.4 Å². The summed E-state index contributed by atoms with van der Waals surface area (Å²) in [5, 5.41) is 16.0. The molecule has 128 valence electrons. The molecule has 1 aromatic rings. The van der Waals surface area contributed by atoms with Gasteiger partial charge in [-0.05, 0) is 57.2 Å². The number of ether oxygens (including phenoxy) is 1. The normalized spacial score (nSPS) is 16.0. The minimum atomic E-state index is -0.492. The van der Waals surface area contributed by atoms with Crippen molar-refractivity contribution in [3.8, 4) is 5.75 Å². The zero-order valence-electron chi connectivity index (χ0n) is 13.9. The maximum absolute atomic E-state index is 11.9. The van der Waals surface area contributed by atoms with E-state index in [2.05, 4.69) is 10.6 Å². The fourth-order valence-electron chi connectivity index (χ4n) is 2.33. The Morgan fingerprint density at radius 3 is 2.70 bits per heavy atom. The Hall–Kier alpha value is -1.46. The summed E-state index contributed by atoms with van der Waals surface area (Å²) in [5.41, 5.74) is 0.494. The summed E-state index contributed by atoms with van der Waals surface area (Å²) < 4.78 is 5.32. The smallest absolute Gasteiger partial charge is 0.407 e. The van der Waals surface area contributed by atoms with Crippen molar-refractivity contribution < 1.29 is 14.6 Å². The summed E-state index contributed by atoms with van der Waals surface area (Å²) in [6.07, 6.45) is 1.89. The van der Waals surface area contributed by atoms with Crippen LogP contribution in [0.2, 0.25) is 5.02 Å². The number of carbonyl (C=O) groups excluding carboxylic acids is 1. The number of hydrogen-bond acceptors (Lipinski definition) is 4. The number of hydrogen-bond donors (Lipinski definition) is 3. The van der Waals surface area contributed by atoms with Gasteiger partial charge in [0.25, 0.3) is 0 Å². The average Bonchev–Trinajstić information content (AvgIpc) is 3.24. The Morgan fingerprint density at radius 1 is 1.43 bits per heavy atom. The van der Waals surface area contributed by atoms with E-state index in [4.69, 9.17) is 16.3 Å². The van der Waals surface area contributed by atoms with Gasteiger partial charge < -0.3 is 20.5 Å². The molecule has 2 rings (SSSR count). The molecular formula is C17H25ClN2O3. The first-order valence-corrected chi connectivity index (χ1v) is 8.30. The number of phenolic OH excluding ortho intramolecular Hbond substituents is 1. The lowest BCUT2D eigenvalue weighted by Gasteiger charge is -2.24. The standard InChI is InChI=1S/C17H25ClN2O3/c1-17(2,3)23-16(22)20-14(12-5-6-12)10-19-9-11-4-7-15(21)13(18)8-11/h4,7-8,12,14,19,21H,5-6,9-10H2,1-3H3,(H,20,22). The monoisotopic (exact) mass is 340 g/mol. The van der Waals surface area contributed by atoms with Gasteiger partial charge in [-0.15, -0.1) is 0 Å². The molecule has 1 saturated carbocycles. The molecule has 0 spiro atoms. The van der Waals surface area contributed by atoms with Gasteiger partial charge in [-0.1, -0.05) is 17.7 Å². The van der Waals surface area contributed by atoms with Crippen LogP contribution in [0.3, 0.4) is 0 Å². The quantitative estimate of drug-likeness (QED) is 0.742. The number of nitrogens with one attached hydrogen (secondary N) is 2. The molecule has 3 N–H and O–H groups in total. The third-order valence-corrected chi connectivity index (χ3v) is 3.90. The minimum Gasteiger partial charge on any atom is -0.506 e. The Bertz CT molecular complexity index is 553. The number of benzene rings is 1. The third-order valence-electron chi connectivity index (χ3n) is 3.60. The van der Waals surface area contributed by atoms with Crippen LogP contribution in [0, 0.1) is 5.92 Å². The van der Waals surface area contributed by atoms with E-state index in [1.807, 2.05) is 26.8 Å². The second-order valence-corrected chi connectivity index (χ2v) is 7.41. The van der Waals surface area contributed by atoms with Gasteiger partial charge in [-0.2, -0.15) is 0 Å². The maximum atomic E-state index is 11.9. The predicted molar refractivity (Wildman–Crippen MR) is 90.7 cm³/mol. The Labute approximate surface area is 142 Å². The third kappa shape index (κ3) is 6.28. The lowest BCUT2D eigenvalue weighted by molar-refractivity contribution is 0.0497. The molecular weight excluding hydrogens is 316 g/mol. The minimum absolute atomic E-state index is 0.0671. The number of rotatable bonds is 6. The molecule has 1 aliphatic carbocycles. The Morgan fingerprint density at radius 2 is 2.13 bits per heavy atom. The van der Waals surface area contributed by atoms with Crippen LogP contribution >= 0.6 is 11.6 Å². The van der Waals surface area contributed by atoms with Gasteiger partial charge in [-0.25, -0.2) is 4.79 Å². The number of phenols is 1. The van der Waals surface area contributed by atoms with Gasteiger partial charge in [0.05, 0.1) is 5.02 Å². The molecule has 1 fully saturated rings. The first-order chi connectivity index (χ1) is 10.7. The van der Waals surface area contributed by atoms with E-state index in [1.165, 1.54) is 0 Å². The molecule has 1 amide bonds. The Balaban J connectivity index is 1.81. The molecule has 0 aliphatic heterocycles. The predicted octanol–water partition coefficient (Wildman–Crippen LogP) is 3.44. The number of halogens is 1. The van der Waals surface area contributed by atoms with Gasteiger partial charge in [0.1, 0.15) is 11.4 Å². The highest BCUT2D eigenvalue weighted by Gasteiger charge is 2.33. The molecule has 0 aromatic heterocycles. The molecule has 0 heterocycles. The largest absolute Gasteiger partial charge is 0.506 e. The first-order valence-electron chi connectivity index (χ1n) is 7.92. The number of alkyl carbamates (subject to hydrolysis) is 1. The highest BCUT2D eigenvalue weighted by atomic mass is 35.5. The van der Waals surface area contributed by atoms with Crippen LogP contribution in [0.1, 0.15) is 39.2 Å². The topological polar surface area (TPSA) is 70.6 Å². The van der Waals surface area contributed by atoms with Gasteiger partial charge in [0.15, 0.2) is 0 Å². The van der Waals surface area contributed by atoms with Crippen molar-refractivity contribution in [3.05, 3.63) is 28.8 Å². The van der Waals surface area contributed by atoms with Crippen LogP contribution in [-0.4, -0.2) is 29.4 Å². The molecule has 5 nitrogen and oxygen atoms in total. The number of aromatic hydroxyl groups is 1. The zero-order chi connectivity index (χ0) is 17.0. The SMILES string of the molecule is CC(C)(C)OC(=O)NC(CNCc1ccc(O)c(Cl)c1)C1CC1. The van der Waals surface area contributed by atoms with Crippen LogP contribution in [0.5, 0.6) is 5.75 Å². The van der Waals surface area contributed by atoms with Crippen LogP contribution < -0.4 is 10.6 Å². The van der Waals surface area contributed by atoms with Gasteiger partial charge in [0.2, 0.25) is 0 Å². The lowest BCUT2D eigenvalue weighted by Crippen LogP contribution is -2.45. The summed E-state index contributed by atoms with van der Waals surface area (Å²) in [6, 6.07) is 5.20. The highest BCUT2D eigenvalue weighted by Crippen LogP contribution is 2.32. The van der Waals surface area contributed by atoms with Crippen molar-refractivity contribution in [2.24, 2.45) is 5.92 Å². The summed E-state index contributed by atoms with van der Waals surface area (Å²) in [7, 11) is 0.